The van der Waals surface area contributed by atoms with Crippen LogP contribution in [0.25, 0.3) is 11.3 Å². The molecular formula is C31H41F2N5. The fourth-order valence-electron chi connectivity index (χ4n) is 4.40. The molecule has 0 amide bonds. The molecule has 5 nitrogen and oxygen atoms in total. The van der Waals surface area contributed by atoms with Crippen LogP contribution in [-0.4, -0.2) is 34.5 Å². The maximum atomic E-state index is 14.2. The number of halogens is 2. The fraction of sp³-hybridized carbons (Fsp3) is 0.419. The molecule has 2 aromatic rings. The summed E-state index contributed by atoms with van der Waals surface area (Å²) >= 11 is 0. The van der Waals surface area contributed by atoms with Crippen molar-refractivity contribution in [1.29, 1.82) is 0 Å². The highest BCUT2D eigenvalue weighted by molar-refractivity contribution is 5.81. The van der Waals surface area contributed by atoms with E-state index in [1.54, 1.807) is 12.3 Å². The molecule has 0 atom stereocenters. The highest BCUT2D eigenvalue weighted by atomic mass is 19.3. The van der Waals surface area contributed by atoms with Crippen LogP contribution in [0.5, 0.6) is 0 Å². The topological polar surface area (TPSA) is 53.1 Å². The van der Waals surface area contributed by atoms with Crippen LogP contribution in [0.2, 0.25) is 0 Å². The monoisotopic (exact) mass is 521 g/mol. The third-order valence-electron chi connectivity index (χ3n) is 6.73. The van der Waals surface area contributed by atoms with Crippen molar-refractivity contribution in [3.05, 3.63) is 89.8 Å². The minimum absolute atomic E-state index is 0.259. The molecule has 0 aliphatic carbocycles. The summed E-state index contributed by atoms with van der Waals surface area (Å²) in [5.41, 5.74) is 6.42. The van der Waals surface area contributed by atoms with E-state index in [2.05, 4.69) is 64.7 Å². The first-order valence-electron chi connectivity index (χ1n) is 13.5. The Morgan fingerprint density at radius 1 is 1.11 bits per heavy atom. The van der Waals surface area contributed by atoms with Gasteiger partial charge < -0.3 is 15.5 Å². The molecule has 0 saturated carbocycles. The average Bonchev–Trinajstić information content (AvgIpc) is 2.93. The summed E-state index contributed by atoms with van der Waals surface area (Å²) in [5, 5.41) is 6.71. The van der Waals surface area contributed by atoms with E-state index in [4.69, 9.17) is 0 Å². The lowest BCUT2D eigenvalue weighted by molar-refractivity contribution is -0.0128. The van der Waals surface area contributed by atoms with Crippen molar-refractivity contribution >= 4 is 17.0 Å². The van der Waals surface area contributed by atoms with Gasteiger partial charge in [0.05, 0.1) is 11.9 Å². The van der Waals surface area contributed by atoms with Crippen molar-refractivity contribution in [2.45, 2.75) is 65.7 Å². The van der Waals surface area contributed by atoms with Gasteiger partial charge in [-0.1, -0.05) is 27.0 Å². The third-order valence-corrected chi connectivity index (χ3v) is 6.73. The zero-order chi connectivity index (χ0) is 27.7. The number of piperidine rings is 1. The van der Waals surface area contributed by atoms with Gasteiger partial charge in [0, 0.05) is 66.2 Å². The van der Waals surface area contributed by atoms with Crippen LogP contribution in [0.4, 0.5) is 14.5 Å². The second kappa shape index (κ2) is 13.4. The Hall–Kier alpha value is -3.48. The number of nitrogens with one attached hydrogen (secondary N) is 2. The standard InChI is InChI=1S/C31H41F2N5/c1-7-13-34-22(3)17-27(18-23(4)38-15-10-9-11-16-38)29-20-28(21-36-25(29)6)37-24(5)26-12-14-35-30(19-26)31(32,33)8-2/h12,14,17-21,34,37H,4-5,7-11,13,15-16H2,1-3,6H3/b22-17+,27-18+. The number of aromatic nitrogens is 2. The number of likely N-dealkylation sites (tertiary alicyclic amines) is 1. The van der Waals surface area contributed by atoms with Crippen molar-refractivity contribution < 1.29 is 8.78 Å². The summed E-state index contributed by atoms with van der Waals surface area (Å²) in [7, 11) is 0. The smallest absolute Gasteiger partial charge is 0.289 e. The van der Waals surface area contributed by atoms with Crippen molar-refractivity contribution in [2.75, 3.05) is 25.0 Å². The number of hydrogen-bond donors (Lipinski definition) is 2. The van der Waals surface area contributed by atoms with Crippen LogP contribution in [0.15, 0.2) is 67.3 Å². The number of rotatable bonds is 12. The first-order valence-corrected chi connectivity index (χ1v) is 13.5. The Balaban J connectivity index is 1.93. The minimum Gasteiger partial charge on any atom is -0.389 e. The molecule has 7 heteroatoms. The second-order valence-corrected chi connectivity index (χ2v) is 9.84. The number of anilines is 1. The van der Waals surface area contributed by atoms with Gasteiger partial charge in [0.1, 0.15) is 5.69 Å². The Kier molecular flexibility index (Phi) is 10.2. The van der Waals surface area contributed by atoms with E-state index >= 15 is 0 Å². The van der Waals surface area contributed by atoms with E-state index in [9.17, 15) is 8.78 Å². The molecule has 0 radical (unpaired) electrons. The third kappa shape index (κ3) is 7.76. The lowest BCUT2D eigenvalue weighted by Gasteiger charge is -2.29. The quantitative estimate of drug-likeness (QED) is 0.281. The Bertz CT molecular complexity index is 1190. The molecule has 2 N–H and O–H groups in total. The van der Waals surface area contributed by atoms with Crippen LogP contribution in [-0.2, 0) is 5.92 Å². The van der Waals surface area contributed by atoms with Gasteiger partial charge in [-0.05, 0) is 75.5 Å². The Morgan fingerprint density at radius 2 is 1.84 bits per heavy atom. The Morgan fingerprint density at radius 3 is 2.53 bits per heavy atom. The van der Waals surface area contributed by atoms with E-state index in [0.717, 1.165) is 60.0 Å². The average molecular weight is 522 g/mol. The van der Waals surface area contributed by atoms with Crippen molar-refractivity contribution in [2.24, 2.45) is 0 Å². The minimum atomic E-state index is -2.98. The van der Waals surface area contributed by atoms with Crippen LogP contribution >= 0.6 is 0 Å². The van der Waals surface area contributed by atoms with E-state index < -0.39 is 5.92 Å². The zero-order valence-electron chi connectivity index (χ0n) is 23.2. The lowest BCUT2D eigenvalue weighted by atomic mass is 10.0. The summed E-state index contributed by atoms with van der Waals surface area (Å²) in [6, 6.07) is 5.09. The van der Waals surface area contributed by atoms with E-state index in [1.807, 2.05) is 13.0 Å². The predicted molar refractivity (Wildman–Crippen MR) is 155 cm³/mol. The number of allylic oxidation sites excluding steroid dienone is 4. The molecule has 1 saturated heterocycles. The summed E-state index contributed by atoms with van der Waals surface area (Å²) in [5.74, 6) is -2.98. The molecule has 1 aliphatic rings. The SMILES string of the molecule is C=C(Nc1cnc(C)c(C(/C=C(\C)NCCC)=C/C(=C)N2CCCCC2)c1)c1ccnc(C(F)(F)CC)c1. The number of nitrogens with zero attached hydrogens (tertiary/aromatic N) is 3. The highest BCUT2D eigenvalue weighted by Crippen LogP contribution is 2.32. The summed E-state index contributed by atoms with van der Waals surface area (Å²) in [4.78, 5) is 10.8. The fourth-order valence-corrected chi connectivity index (χ4v) is 4.40. The van der Waals surface area contributed by atoms with Crippen molar-refractivity contribution in [1.82, 2.24) is 20.2 Å². The maximum Gasteiger partial charge on any atom is 0.289 e. The molecule has 204 valence electrons. The van der Waals surface area contributed by atoms with Crippen LogP contribution < -0.4 is 10.6 Å². The first kappa shape index (κ1) is 29.1. The molecule has 0 spiro atoms. The van der Waals surface area contributed by atoms with Crippen molar-refractivity contribution in [3.8, 4) is 0 Å². The number of hydrogen-bond acceptors (Lipinski definition) is 5. The van der Waals surface area contributed by atoms with Gasteiger partial charge in [-0.2, -0.15) is 8.78 Å². The molecule has 2 aromatic heterocycles. The van der Waals surface area contributed by atoms with Gasteiger partial charge in [0.15, 0.2) is 0 Å². The highest BCUT2D eigenvalue weighted by Gasteiger charge is 2.30. The van der Waals surface area contributed by atoms with Gasteiger partial charge in [-0.15, -0.1) is 0 Å². The molecule has 0 bridgehead atoms. The lowest BCUT2D eigenvalue weighted by Crippen LogP contribution is -2.27. The number of pyridine rings is 2. The summed E-state index contributed by atoms with van der Waals surface area (Å²) < 4.78 is 28.4. The molecule has 3 rings (SSSR count). The van der Waals surface area contributed by atoms with E-state index in [1.165, 1.54) is 38.4 Å². The second-order valence-electron chi connectivity index (χ2n) is 9.84. The number of alkyl halides is 2. The summed E-state index contributed by atoms with van der Waals surface area (Å²) in [6.45, 7) is 19.0. The first-order chi connectivity index (χ1) is 18.1. The van der Waals surface area contributed by atoms with Gasteiger partial charge in [-0.3, -0.25) is 9.97 Å². The molecular weight excluding hydrogens is 480 g/mol. The van der Waals surface area contributed by atoms with Gasteiger partial charge >= 0.3 is 0 Å². The number of aryl methyl sites for hydroxylation is 1. The Labute approximate surface area is 226 Å². The van der Waals surface area contributed by atoms with Crippen LogP contribution in [0, 0.1) is 6.92 Å². The molecule has 1 aliphatic heterocycles. The van der Waals surface area contributed by atoms with Gasteiger partial charge in [-0.25, -0.2) is 0 Å². The molecule has 3 heterocycles. The normalized spacial score (nSPS) is 14.8. The zero-order valence-corrected chi connectivity index (χ0v) is 23.2. The summed E-state index contributed by atoms with van der Waals surface area (Å²) in [6.07, 6.45) is 11.7. The molecule has 0 unspecified atom stereocenters. The van der Waals surface area contributed by atoms with E-state index in [-0.39, 0.29) is 12.1 Å². The molecule has 38 heavy (non-hydrogen) atoms. The van der Waals surface area contributed by atoms with Crippen molar-refractivity contribution in [3.63, 3.8) is 0 Å². The van der Waals surface area contributed by atoms with E-state index in [0.29, 0.717) is 11.3 Å². The predicted octanol–water partition coefficient (Wildman–Crippen LogP) is 7.66. The van der Waals surface area contributed by atoms with Gasteiger partial charge in [0.2, 0.25) is 0 Å². The van der Waals surface area contributed by atoms with Gasteiger partial charge in [0.25, 0.3) is 5.92 Å². The maximum absolute atomic E-state index is 14.2. The van der Waals surface area contributed by atoms with Crippen LogP contribution in [0.1, 0.15) is 75.4 Å². The molecule has 1 fully saturated rings. The molecule has 0 aromatic carbocycles. The van der Waals surface area contributed by atoms with Crippen LogP contribution in [0.3, 0.4) is 0 Å². The largest absolute Gasteiger partial charge is 0.389 e.